The third-order valence-corrected chi connectivity index (χ3v) is 11.4. The van der Waals surface area contributed by atoms with E-state index in [0.717, 1.165) is 0 Å². The molecule has 0 N–H and O–H groups in total. The van der Waals surface area contributed by atoms with E-state index >= 15 is 0 Å². The van der Waals surface area contributed by atoms with E-state index in [4.69, 9.17) is 0 Å². The molecule has 1 aliphatic carbocycles. The first kappa shape index (κ1) is 20.9. The van der Waals surface area contributed by atoms with Crippen LogP contribution in [-0.4, -0.2) is 18.4 Å². The Morgan fingerprint density at radius 2 is 1.16 bits per heavy atom. The minimum absolute atomic E-state index is 0. The Bertz CT molecular complexity index is 753. The molecule has 0 nitrogen and oxygen atoms in total. The molecule has 0 bridgehead atoms. The summed E-state index contributed by atoms with van der Waals surface area (Å²) < 4.78 is 1.58. The molecule has 0 heterocycles. The van der Waals surface area contributed by atoms with Gasteiger partial charge in [-0.25, -0.2) is 0 Å². The van der Waals surface area contributed by atoms with Gasteiger partial charge in [0.2, 0.25) is 0 Å². The number of rotatable bonds is 2. The van der Waals surface area contributed by atoms with Crippen molar-refractivity contribution >= 4 is 22.0 Å². The molecule has 0 radical (unpaired) electrons. The topological polar surface area (TPSA) is 0 Å². The van der Waals surface area contributed by atoms with Gasteiger partial charge < -0.3 is 0 Å². The van der Waals surface area contributed by atoms with E-state index in [9.17, 15) is 0 Å². The van der Waals surface area contributed by atoms with Gasteiger partial charge in [0.05, 0.1) is 0 Å². The summed E-state index contributed by atoms with van der Waals surface area (Å²) in [6, 6.07) is 18.1. The fourth-order valence-corrected chi connectivity index (χ4v) is 7.46. The van der Waals surface area contributed by atoms with Crippen molar-refractivity contribution in [1.82, 2.24) is 0 Å². The molecular formula is C23H29LiSn. The van der Waals surface area contributed by atoms with E-state index in [-0.39, 0.29) is 29.7 Å². The average Bonchev–Trinajstić information content (AvgIpc) is 2.65. The molecule has 0 spiro atoms. The molecule has 126 valence electrons. The predicted octanol–water partition coefficient (Wildman–Crippen LogP) is 2.58. The molecule has 25 heavy (non-hydrogen) atoms. The zero-order valence-corrected chi connectivity index (χ0v) is 20.0. The Kier molecular flexibility index (Phi) is 5.81. The van der Waals surface area contributed by atoms with E-state index in [1.54, 1.807) is 3.58 Å². The molecule has 0 aromatic heterocycles. The molecule has 0 atom stereocenters. The van der Waals surface area contributed by atoms with Crippen molar-refractivity contribution < 1.29 is 18.9 Å². The van der Waals surface area contributed by atoms with Crippen molar-refractivity contribution in [3.63, 3.8) is 0 Å². The van der Waals surface area contributed by atoms with E-state index in [2.05, 4.69) is 97.1 Å². The molecule has 1 aliphatic rings. The van der Waals surface area contributed by atoms with Crippen LogP contribution >= 0.6 is 0 Å². The molecule has 0 saturated carbocycles. The van der Waals surface area contributed by atoms with Gasteiger partial charge in [-0.1, -0.05) is 0 Å². The zero-order chi connectivity index (χ0) is 17.8. The van der Waals surface area contributed by atoms with E-state index in [1.807, 2.05) is 0 Å². The number of hydrogen-bond donors (Lipinski definition) is 0. The summed E-state index contributed by atoms with van der Waals surface area (Å²) in [5.41, 5.74) is 5.55. The zero-order valence-electron chi connectivity index (χ0n) is 17.1. The molecular weight excluding hydrogens is 402 g/mol. The van der Waals surface area contributed by atoms with Gasteiger partial charge in [-0.2, -0.15) is 0 Å². The van der Waals surface area contributed by atoms with Crippen LogP contribution in [0.25, 0.3) is 0 Å². The van der Waals surface area contributed by atoms with Crippen LogP contribution in [0.2, 0.25) is 14.8 Å². The van der Waals surface area contributed by atoms with Crippen LogP contribution in [0, 0.1) is 6.08 Å². The maximum atomic E-state index is 3.79. The van der Waals surface area contributed by atoms with Crippen LogP contribution in [0.5, 0.6) is 0 Å². The number of benzene rings is 2. The van der Waals surface area contributed by atoms with Crippen LogP contribution in [0.4, 0.5) is 0 Å². The first-order valence-corrected chi connectivity index (χ1v) is 18.9. The van der Waals surface area contributed by atoms with Crippen molar-refractivity contribution in [1.29, 1.82) is 0 Å². The maximum absolute atomic E-state index is 3.79. The van der Waals surface area contributed by atoms with Gasteiger partial charge in [0.1, 0.15) is 0 Å². The smallest absolute Gasteiger partial charge is 1.00 e. The summed E-state index contributed by atoms with van der Waals surface area (Å²) in [7, 11) is 0. The number of fused-ring (bicyclic) bond motifs is 1. The Morgan fingerprint density at radius 3 is 1.56 bits per heavy atom. The van der Waals surface area contributed by atoms with E-state index in [0.29, 0.717) is 0 Å². The van der Waals surface area contributed by atoms with Crippen LogP contribution in [-0.2, 0) is 10.8 Å². The van der Waals surface area contributed by atoms with Crippen molar-refractivity contribution in [2.45, 2.75) is 53.3 Å². The second kappa shape index (κ2) is 6.95. The summed E-state index contributed by atoms with van der Waals surface area (Å²) in [6.45, 7) is 9.34. The summed E-state index contributed by atoms with van der Waals surface area (Å²) in [5, 5.41) is 0. The first-order valence-electron chi connectivity index (χ1n) is 8.90. The molecule has 2 aromatic rings. The Balaban J connectivity index is 0.00000225. The Hall–Kier alpha value is -0.424. The van der Waals surface area contributed by atoms with E-state index < -0.39 is 18.4 Å². The van der Waals surface area contributed by atoms with Gasteiger partial charge in [-0.15, -0.1) is 0 Å². The largest absolute Gasteiger partial charge is 1.00 e. The van der Waals surface area contributed by atoms with Gasteiger partial charge in [-0.05, 0) is 0 Å². The summed E-state index contributed by atoms with van der Waals surface area (Å²) in [4.78, 5) is 7.39. The number of hydrogen-bond acceptors (Lipinski definition) is 0. The molecule has 0 unspecified atom stereocenters. The minimum atomic E-state index is -1.98. The third kappa shape index (κ3) is 3.68. The molecule has 2 aromatic carbocycles. The van der Waals surface area contributed by atoms with Crippen molar-refractivity contribution in [3.05, 3.63) is 76.9 Å². The van der Waals surface area contributed by atoms with Crippen LogP contribution in [0.15, 0.2) is 54.1 Å². The minimum Gasteiger partial charge on any atom is 1.00 e. The normalized spacial score (nSPS) is 17.6. The third-order valence-electron chi connectivity index (χ3n) is 5.54. The molecule has 0 saturated heterocycles. The van der Waals surface area contributed by atoms with Gasteiger partial charge in [0, 0.05) is 0 Å². The summed E-state index contributed by atoms with van der Waals surface area (Å²) >= 11 is -1.98. The van der Waals surface area contributed by atoms with Gasteiger partial charge >= 0.3 is 171 Å². The second-order valence-electron chi connectivity index (χ2n) is 9.12. The molecule has 0 amide bonds. The van der Waals surface area contributed by atoms with Crippen LogP contribution in [0.1, 0.15) is 44.4 Å². The van der Waals surface area contributed by atoms with Crippen molar-refractivity contribution in [2.75, 3.05) is 0 Å². The average molecular weight is 431 g/mol. The first-order chi connectivity index (χ1) is 11.0. The molecule has 0 aliphatic heterocycles. The quantitative estimate of drug-likeness (QED) is 0.507. The van der Waals surface area contributed by atoms with Crippen molar-refractivity contribution in [3.8, 4) is 0 Å². The predicted molar refractivity (Wildman–Crippen MR) is 108 cm³/mol. The van der Waals surface area contributed by atoms with Crippen molar-refractivity contribution in [2.24, 2.45) is 0 Å². The summed E-state index contributed by atoms with van der Waals surface area (Å²) in [6.07, 6.45) is 3.79. The summed E-state index contributed by atoms with van der Waals surface area (Å²) in [5.74, 6) is 0. The second-order valence-corrected chi connectivity index (χ2v) is 23.6. The molecule has 2 heteroatoms. The Labute approximate surface area is 170 Å². The van der Waals surface area contributed by atoms with E-state index in [1.165, 1.54) is 22.3 Å². The van der Waals surface area contributed by atoms with Crippen LogP contribution in [0.3, 0.4) is 0 Å². The van der Waals surface area contributed by atoms with Gasteiger partial charge in [0.25, 0.3) is 0 Å². The molecule has 0 fully saturated rings. The number of allylic oxidation sites excluding steroid dienone is 1. The monoisotopic (exact) mass is 432 g/mol. The van der Waals surface area contributed by atoms with Gasteiger partial charge in [-0.3, -0.25) is 0 Å². The van der Waals surface area contributed by atoms with Crippen LogP contribution < -0.4 is 22.4 Å². The van der Waals surface area contributed by atoms with Gasteiger partial charge in [0.15, 0.2) is 0 Å². The standard InChI is InChI=1S/C20H20.3CH3.Li.Sn/c1-19(2)16-12-8-9-13-17(16)20(3,4)18(19)14-15-10-6-5-7-11-15;;;;;/h6-13H,1-4H3;3*1H3;;/q-1;;;;+1;. The Morgan fingerprint density at radius 1 is 0.720 bits per heavy atom. The maximum Gasteiger partial charge on any atom is 1.00 e. The fraction of sp³-hybridized carbons (Fsp3) is 0.391. The molecule has 3 rings (SSSR count). The fourth-order valence-electron chi connectivity index (χ4n) is 4.13. The SMILES string of the molecule is CC1(C)C(=[C-]c2cc[c]([Sn]([CH3])([CH3])[CH3])cc2)C(C)(C)c2ccccc21.[Li+].